The van der Waals surface area contributed by atoms with Crippen LogP contribution in [0.25, 0.3) is 0 Å². The fourth-order valence-corrected chi connectivity index (χ4v) is 2.30. The first-order chi connectivity index (χ1) is 12.2. The molecule has 2 aromatic carbocycles. The largest absolute Gasteiger partial charge is 0.380 e. The Balaban J connectivity index is 0.00000338. The maximum absolute atomic E-state index is 11.8. The minimum absolute atomic E-state index is 0. The molecule has 140 valence electrons. The van der Waals surface area contributed by atoms with Gasteiger partial charge in [0.15, 0.2) is 5.96 Å². The van der Waals surface area contributed by atoms with E-state index in [0.29, 0.717) is 13.2 Å². The number of anilines is 1. The van der Waals surface area contributed by atoms with Crippen LogP contribution in [-0.2, 0) is 22.6 Å². The molecule has 0 bridgehead atoms. The fraction of sp³-hybridized carbons (Fsp3) is 0.263. The number of methoxy groups -OCH3 is 1. The van der Waals surface area contributed by atoms with Gasteiger partial charge in [0.25, 0.3) is 0 Å². The molecule has 1 amide bonds. The van der Waals surface area contributed by atoms with E-state index in [9.17, 15) is 4.79 Å². The highest BCUT2D eigenvalue weighted by molar-refractivity contribution is 14.0. The van der Waals surface area contributed by atoms with Crippen LogP contribution in [0.1, 0.15) is 11.1 Å². The van der Waals surface area contributed by atoms with Gasteiger partial charge in [-0.25, -0.2) is 4.99 Å². The monoisotopic (exact) mass is 468 g/mol. The van der Waals surface area contributed by atoms with E-state index in [1.165, 1.54) is 5.56 Å². The number of carbonyl (C=O) groups is 1. The number of para-hydroxylation sites is 1. The molecule has 2 aromatic rings. The molecule has 0 saturated heterocycles. The third kappa shape index (κ3) is 7.83. The summed E-state index contributed by atoms with van der Waals surface area (Å²) >= 11 is 0. The van der Waals surface area contributed by atoms with E-state index in [1.807, 2.05) is 54.6 Å². The molecule has 7 heteroatoms. The van der Waals surface area contributed by atoms with E-state index in [4.69, 9.17) is 10.5 Å². The summed E-state index contributed by atoms with van der Waals surface area (Å²) in [5.41, 5.74) is 8.82. The number of benzene rings is 2. The average Bonchev–Trinajstić information content (AvgIpc) is 2.63. The summed E-state index contributed by atoms with van der Waals surface area (Å²) in [6.45, 7) is 1.03. The van der Waals surface area contributed by atoms with E-state index < -0.39 is 0 Å². The molecule has 0 atom stereocenters. The van der Waals surface area contributed by atoms with Gasteiger partial charge in [0, 0.05) is 24.9 Å². The number of guanidine groups is 1. The zero-order valence-electron chi connectivity index (χ0n) is 14.8. The zero-order chi connectivity index (χ0) is 17.9. The number of ether oxygens (including phenoxy) is 1. The predicted octanol–water partition coefficient (Wildman–Crippen LogP) is 2.54. The van der Waals surface area contributed by atoms with Crippen LogP contribution in [0, 0.1) is 0 Å². The summed E-state index contributed by atoms with van der Waals surface area (Å²) in [6, 6.07) is 17.6. The van der Waals surface area contributed by atoms with E-state index in [1.54, 1.807) is 7.11 Å². The van der Waals surface area contributed by atoms with Crippen LogP contribution in [0.2, 0.25) is 0 Å². The molecule has 0 fully saturated rings. The Labute approximate surface area is 171 Å². The Morgan fingerprint density at radius 3 is 2.54 bits per heavy atom. The van der Waals surface area contributed by atoms with Crippen LogP contribution in [0.5, 0.6) is 0 Å². The topological polar surface area (TPSA) is 88.7 Å². The van der Waals surface area contributed by atoms with Gasteiger partial charge < -0.3 is 21.1 Å². The highest BCUT2D eigenvalue weighted by atomic mass is 127. The Morgan fingerprint density at radius 2 is 1.81 bits per heavy atom. The maximum Gasteiger partial charge on any atom is 0.241 e. The summed E-state index contributed by atoms with van der Waals surface area (Å²) in [5.74, 6) is 0.0348. The number of rotatable bonds is 8. The summed E-state index contributed by atoms with van der Waals surface area (Å²) in [7, 11) is 1.63. The van der Waals surface area contributed by atoms with Crippen LogP contribution in [0.3, 0.4) is 0 Å². The molecule has 0 aliphatic rings. The lowest BCUT2D eigenvalue weighted by Crippen LogP contribution is -2.30. The van der Waals surface area contributed by atoms with Crippen molar-refractivity contribution in [3.63, 3.8) is 0 Å². The van der Waals surface area contributed by atoms with Crippen LogP contribution in [0.15, 0.2) is 59.6 Å². The number of carbonyl (C=O) groups excluding carboxylic acids is 1. The zero-order valence-corrected chi connectivity index (χ0v) is 17.1. The van der Waals surface area contributed by atoms with Gasteiger partial charge in [-0.3, -0.25) is 4.79 Å². The van der Waals surface area contributed by atoms with Crippen molar-refractivity contribution in [1.29, 1.82) is 0 Å². The minimum atomic E-state index is -0.161. The smallest absolute Gasteiger partial charge is 0.241 e. The quantitative estimate of drug-likeness (QED) is 0.316. The van der Waals surface area contributed by atoms with Crippen molar-refractivity contribution < 1.29 is 9.53 Å². The molecule has 4 N–H and O–H groups in total. The predicted molar refractivity (Wildman–Crippen MR) is 116 cm³/mol. The van der Waals surface area contributed by atoms with Gasteiger partial charge in [-0.05, 0) is 18.1 Å². The molecule has 0 unspecified atom stereocenters. The second-order valence-electron chi connectivity index (χ2n) is 5.50. The van der Waals surface area contributed by atoms with E-state index in [2.05, 4.69) is 15.6 Å². The highest BCUT2D eigenvalue weighted by Gasteiger charge is 2.04. The molecule has 6 nitrogen and oxygen atoms in total. The molecule has 0 aliphatic heterocycles. The lowest BCUT2D eigenvalue weighted by atomic mass is 10.1. The molecular formula is C19H25IN4O2. The van der Waals surface area contributed by atoms with Gasteiger partial charge in [-0.15, -0.1) is 24.0 Å². The summed E-state index contributed by atoms with van der Waals surface area (Å²) in [6.07, 6.45) is 0.786. The second-order valence-corrected chi connectivity index (χ2v) is 5.50. The lowest BCUT2D eigenvalue weighted by molar-refractivity contribution is -0.119. The van der Waals surface area contributed by atoms with Crippen LogP contribution in [-0.4, -0.2) is 32.1 Å². The fourth-order valence-electron chi connectivity index (χ4n) is 2.30. The number of aliphatic imine (C=N–C) groups is 1. The van der Waals surface area contributed by atoms with Gasteiger partial charge in [0.2, 0.25) is 5.91 Å². The van der Waals surface area contributed by atoms with Crippen molar-refractivity contribution in [2.75, 3.05) is 25.5 Å². The van der Waals surface area contributed by atoms with Crippen molar-refractivity contribution >= 4 is 41.5 Å². The first-order valence-corrected chi connectivity index (χ1v) is 8.13. The molecule has 0 spiro atoms. The van der Waals surface area contributed by atoms with Crippen molar-refractivity contribution in [2.45, 2.75) is 13.0 Å². The van der Waals surface area contributed by atoms with Gasteiger partial charge in [0.1, 0.15) is 6.54 Å². The van der Waals surface area contributed by atoms with Crippen molar-refractivity contribution in [3.05, 3.63) is 65.7 Å². The maximum atomic E-state index is 11.8. The van der Waals surface area contributed by atoms with Crippen molar-refractivity contribution in [2.24, 2.45) is 10.7 Å². The third-order valence-corrected chi connectivity index (χ3v) is 3.55. The van der Waals surface area contributed by atoms with Gasteiger partial charge in [-0.1, -0.05) is 48.5 Å². The lowest BCUT2D eigenvalue weighted by Gasteiger charge is -2.10. The van der Waals surface area contributed by atoms with Crippen molar-refractivity contribution in [3.8, 4) is 0 Å². The first-order valence-electron chi connectivity index (χ1n) is 8.13. The average molecular weight is 468 g/mol. The second kappa shape index (κ2) is 12.3. The van der Waals surface area contributed by atoms with E-state index in [-0.39, 0.29) is 42.4 Å². The van der Waals surface area contributed by atoms with Gasteiger partial charge in [-0.2, -0.15) is 0 Å². The Bertz CT molecular complexity index is 708. The summed E-state index contributed by atoms with van der Waals surface area (Å²) in [5, 5.41) is 5.83. The van der Waals surface area contributed by atoms with Crippen molar-refractivity contribution in [1.82, 2.24) is 5.32 Å². The number of nitrogens with one attached hydrogen (secondary N) is 2. The SMILES string of the molecule is COCc1ccccc1NC(N)=NCC(=O)NCCc1ccccc1.I. The molecule has 26 heavy (non-hydrogen) atoms. The summed E-state index contributed by atoms with van der Waals surface area (Å²) < 4.78 is 5.14. The number of nitrogens with two attached hydrogens (primary N) is 1. The molecule has 0 saturated carbocycles. The van der Waals surface area contributed by atoms with Gasteiger partial charge >= 0.3 is 0 Å². The summed E-state index contributed by atoms with van der Waals surface area (Å²) in [4.78, 5) is 15.9. The Hall–Kier alpha value is -2.13. The third-order valence-electron chi connectivity index (χ3n) is 3.55. The Morgan fingerprint density at radius 1 is 1.12 bits per heavy atom. The highest BCUT2D eigenvalue weighted by Crippen LogP contribution is 2.15. The van der Waals surface area contributed by atoms with Crippen LogP contribution in [0.4, 0.5) is 5.69 Å². The molecule has 0 heterocycles. The first kappa shape index (κ1) is 21.9. The van der Waals surface area contributed by atoms with E-state index >= 15 is 0 Å². The minimum Gasteiger partial charge on any atom is -0.380 e. The Kier molecular flexibility index (Phi) is 10.3. The number of halogens is 1. The standard InChI is InChI=1S/C19H24N4O2.HI/c1-25-14-16-9-5-6-10-17(16)23-19(20)22-13-18(24)21-12-11-15-7-3-2-4-8-15;/h2-10H,11-14H2,1H3,(H,21,24)(H3,20,22,23);1H. The molecular weight excluding hydrogens is 443 g/mol. The molecule has 2 rings (SSSR count). The molecule has 0 aromatic heterocycles. The number of nitrogens with zero attached hydrogens (tertiary/aromatic N) is 1. The number of amides is 1. The van der Waals surface area contributed by atoms with E-state index in [0.717, 1.165) is 17.7 Å². The molecule has 0 aliphatic carbocycles. The van der Waals surface area contributed by atoms with Gasteiger partial charge in [0.05, 0.1) is 6.61 Å². The molecule has 0 radical (unpaired) electrons. The van der Waals surface area contributed by atoms with Crippen LogP contribution < -0.4 is 16.4 Å². The number of hydrogen-bond donors (Lipinski definition) is 3. The number of hydrogen-bond acceptors (Lipinski definition) is 3. The normalized spacial score (nSPS) is 10.7. The van der Waals surface area contributed by atoms with Crippen LogP contribution >= 0.6 is 24.0 Å².